The van der Waals surface area contributed by atoms with Crippen LogP contribution in [0, 0.1) is 5.92 Å². The minimum Gasteiger partial charge on any atom is -0.481 e. The van der Waals surface area contributed by atoms with Crippen LogP contribution in [0.15, 0.2) is 4.99 Å². The zero-order chi connectivity index (χ0) is 15.9. The third-order valence-electron chi connectivity index (χ3n) is 2.58. The topological polar surface area (TPSA) is 208 Å². The highest BCUT2D eigenvalue weighted by molar-refractivity contribution is 5.93. The molecule has 0 saturated heterocycles. The number of ketones is 1. The highest BCUT2D eigenvalue weighted by atomic mass is 16.4. The van der Waals surface area contributed by atoms with E-state index < -0.39 is 42.1 Å². The van der Waals surface area contributed by atoms with E-state index in [-0.39, 0.29) is 18.9 Å². The maximum absolute atomic E-state index is 12.0. The Morgan fingerprint density at radius 3 is 2.05 bits per heavy atom. The summed E-state index contributed by atoms with van der Waals surface area (Å²) in [6, 6.07) is -2.83. The quantitative estimate of drug-likeness (QED) is 0.189. The minimum absolute atomic E-state index is 0.0144. The molecule has 0 aliphatic carbocycles. The van der Waals surface area contributed by atoms with Crippen molar-refractivity contribution in [2.45, 2.75) is 24.9 Å². The van der Waals surface area contributed by atoms with Crippen LogP contribution >= 0.6 is 0 Å². The number of hydrogen-bond acceptors (Lipinski definition) is 6. The van der Waals surface area contributed by atoms with E-state index in [1.165, 1.54) is 0 Å². The van der Waals surface area contributed by atoms with Crippen LogP contribution in [0.25, 0.3) is 0 Å². The third kappa shape index (κ3) is 6.11. The smallest absolute Gasteiger partial charge is 0.321 e. The van der Waals surface area contributed by atoms with Gasteiger partial charge in [-0.25, -0.2) is 0 Å². The Hall–Kier alpha value is -2.20. The van der Waals surface area contributed by atoms with Gasteiger partial charge in [0.15, 0.2) is 11.7 Å². The lowest BCUT2D eigenvalue weighted by Gasteiger charge is -2.21. The van der Waals surface area contributed by atoms with Crippen LogP contribution in [-0.4, -0.2) is 52.5 Å². The molecule has 0 bridgehead atoms. The van der Waals surface area contributed by atoms with E-state index in [1.54, 1.807) is 0 Å². The van der Waals surface area contributed by atoms with Gasteiger partial charge < -0.3 is 33.1 Å². The van der Waals surface area contributed by atoms with Gasteiger partial charge in [0.25, 0.3) is 0 Å². The summed E-state index contributed by atoms with van der Waals surface area (Å²) in [5.41, 5.74) is 21.1. The summed E-state index contributed by atoms with van der Waals surface area (Å²) in [6.07, 6.45) is -0.651. The molecule has 0 aliphatic rings. The summed E-state index contributed by atoms with van der Waals surface area (Å²) >= 11 is 0. The lowest BCUT2D eigenvalue weighted by Crippen LogP contribution is -2.48. The van der Waals surface area contributed by atoms with Gasteiger partial charge in [0.1, 0.15) is 6.04 Å². The molecule has 0 saturated carbocycles. The van der Waals surface area contributed by atoms with Crippen molar-refractivity contribution in [2.75, 3.05) is 6.54 Å². The first-order valence-electron chi connectivity index (χ1n) is 5.71. The summed E-state index contributed by atoms with van der Waals surface area (Å²) in [5.74, 6) is -4.78. The Balaban J connectivity index is 4.91. The highest BCUT2D eigenvalue weighted by Gasteiger charge is 2.33. The molecule has 0 aromatic heterocycles. The molecule has 0 heterocycles. The van der Waals surface area contributed by atoms with Gasteiger partial charge in [0.05, 0.1) is 12.5 Å². The van der Waals surface area contributed by atoms with E-state index in [1.807, 2.05) is 0 Å². The van der Waals surface area contributed by atoms with Gasteiger partial charge in [0.2, 0.25) is 0 Å². The lowest BCUT2D eigenvalue weighted by atomic mass is 9.87. The predicted molar refractivity (Wildman–Crippen MR) is 69.6 cm³/mol. The van der Waals surface area contributed by atoms with E-state index in [9.17, 15) is 14.4 Å². The lowest BCUT2D eigenvalue weighted by molar-refractivity contribution is -0.143. The fourth-order valence-electron chi connectivity index (χ4n) is 1.57. The molecule has 0 rings (SSSR count). The van der Waals surface area contributed by atoms with E-state index in [0.717, 1.165) is 0 Å². The van der Waals surface area contributed by atoms with Crippen molar-refractivity contribution in [3.8, 4) is 0 Å². The van der Waals surface area contributed by atoms with Gasteiger partial charge in [-0.2, -0.15) is 0 Å². The van der Waals surface area contributed by atoms with Crippen LogP contribution in [-0.2, 0) is 14.4 Å². The fourth-order valence-corrected chi connectivity index (χ4v) is 1.57. The standard InChI is InChI=1S/C10H19N5O5/c11-5(3-6(16)17)8(18)4(7(12)9(19)20)1-2-15-10(13)14/h4-5,7H,1-3,11-12H2,(H,16,17)(H,19,20)(H4,13,14,15)/t4?,5-,7-/m0/s1. The summed E-state index contributed by atoms with van der Waals surface area (Å²) < 4.78 is 0. The summed E-state index contributed by atoms with van der Waals surface area (Å²) in [4.78, 5) is 37.0. The van der Waals surface area contributed by atoms with Gasteiger partial charge in [-0.3, -0.25) is 19.4 Å². The highest BCUT2D eigenvalue weighted by Crippen LogP contribution is 2.13. The first-order chi connectivity index (χ1) is 9.16. The molecular formula is C10H19N5O5. The van der Waals surface area contributed by atoms with Gasteiger partial charge in [-0.05, 0) is 6.42 Å². The normalized spacial score (nSPS) is 14.9. The van der Waals surface area contributed by atoms with Crippen LogP contribution in [0.4, 0.5) is 0 Å². The van der Waals surface area contributed by atoms with E-state index in [2.05, 4.69) is 4.99 Å². The summed E-state index contributed by atoms with van der Waals surface area (Å²) in [6.45, 7) is -0.0144. The van der Waals surface area contributed by atoms with Crippen molar-refractivity contribution >= 4 is 23.7 Å². The minimum atomic E-state index is -1.50. The number of aliphatic carboxylic acids is 2. The van der Waals surface area contributed by atoms with E-state index in [4.69, 9.17) is 33.1 Å². The monoisotopic (exact) mass is 289 g/mol. The summed E-state index contributed by atoms with van der Waals surface area (Å²) in [5, 5.41) is 17.4. The number of carboxylic acid groups (broad SMARTS) is 2. The maximum Gasteiger partial charge on any atom is 0.321 e. The van der Waals surface area contributed by atoms with Gasteiger partial charge in [-0.15, -0.1) is 0 Å². The molecule has 114 valence electrons. The average Bonchev–Trinajstić information content (AvgIpc) is 2.31. The molecule has 3 atom stereocenters. The van der Waals surface area contributed by atoms with Gasteiger partial charge in [0, 0.05) is 12.5 Å². The van der Waals surface area contributed by atoms with Crippen molar-refractivity contribution in [1.82, 2.24) is 0 Å². The number of aliphatic imine (C=N–C) groups is 1. The molecule has 20 heavy (non-hydrogen) atoms. The molecule has 1 unspecified atom stereocenters. The van der Waals surface area contributed by atoms with E-state index >= 15 is 0 Å². The first-order valence-corrected chi connectivity index (χ1v) is 5.71. The van der Waals surface area contributed by atoms with Crippen molar-refractivity contribution in [1.29, 1.82) is 0 Å². The number of rotatable bonds is 9. The molecule has 0 spiro atoms. The molecule has 0 aromatic rings. The molecule has 0 amide bonds. The average molecular weight is 289 g/mol. The molecule has 10 N–H and O–H groups in total. The van der Waals surface area contributed by atoms with Crippen LogP contribution < -0.4 is 22.9 Å². The van der Waals surface area contributed by atoms with E-state index in [0.29, 0.717) is 0 Å². The fraction of sp³-hybridized carbons (Fsp3) is 0.600. The SMILES string of the molecule is NC(N)=NCCC(C(=O)[C@@H](N)CC(=O)O)[C@H](N)C(=O)O. The number of nitrogens with zero attached hydrogens (tertiary/aromatic N) is 1. The Morgan fingerprint density at radius 2 is 1.65 bits per heavy atom. The van der Waals surface area contributed by atoms with Crippen molar-refractivity contribution in [3.05, 3.63) is 0 Å². The second-order valence-electron chi connectivity index (χ2n) is 4.17. The Labute approximate surface area is 114 Å². The Bertz CT molecular complexity index is 407. The first kappa shape index (κ1) is 17.8. The Kier molecular flexibility index (Phi) is 7.18. The number of carbonyl (C=O) groups is 3. The maximum atomic E-state index is 12.0. The second kappa shape index (κ2) is 8.07. The number of guanidine groups is 1. The zero-order valence-electron chi connectivity index (χ0n) is 10.7. The largest absolute Gasteiger partial charge is 0.481 e. The van der Waals surface area contributed by atoms with Crippen molar-refractivity contribution < 1.29 is 24.6 Å². The molecule has 10 nitrogen and oxygen atoms in total. The third-order valence-corrected chi connectivity index (χ3v) is 2.58. The number of nitrogens with two attached hydrogens (primary N) is 4. The number of Topliss-reactive ketones (excluding diaryl/α,β-unsaturated/α-hetero) is 1. The van der Waals surface area contributed by atoms with Crippen molar-refractivity contribution in [3.63, 3.8) is 0 Å². The second-order valence-corrected chi connectivity index (χ2v) is 4.17. The molecule has 0 radical (unpaired) electrons. The Morgan fingerprint density at radius 1 is 1.10 bits per heavy atom. The predicted octanol–water partition coefficient (Wildman–Crippen LogP) is -2.95. The van der Waals surface area contributed by atoms with Crippen LogP contribution in [0.1, 0.15) is 12.8 Å². The zero-order valence-corrected chi connectivity index (χ0v) is 10.7. The van der Waals surface area contributed by atoms with Crippen LogP contribution in [0.5, 0.6) is 0 Å². The van der Waals surface area contributed by atoms with Crippen molar-refractivity contribution in [2.24, 2.45) is 33.8 Å². The van der Waals surface area contributed by atoms with Crippen LogP contribution in [0.2, 0.25) is 0 Å². The molecule has 10 heteroatoms. The molecular weight excluding hydrogens is 270 g/mol. The summed E-state index contributed by atoms with van der Waals surface area (Å²) in [7, 11) is 0. The number of carboxylic acids is 2. The van der Waals surface area contributed by atoms with Gasteiger partial charge >= 0.3 is 11.9 Å². The van der Waals surface area contributed by atoms with Crippen LogP contribution in [0.3, 0.4) is 0 Å². The number of hydrogen-bond donors (Lipinski definition) is 6. The molecule has 0 aliphatic heterocycles. The van der Waals surface area contributed by atoms with Gasteiger partial charge in [-0.1, -0.05) is 0 Å². The number of carbonyl (C=O) groups excluding carboxylic acids is 1. The molecule has 0 fully saturated rings. The molecule has 0 aromatic carbocycles.